The summed E-state index contributed by atoms with van der Waals surface area (Å²) in [5, 5.41) is 15.2. The monoisotopic (exact) mass is 766 g/mol. The van der Waals surface area contributed by atoms with Gasteiger partial charge in [-0.15, -0.1) is 0 Å². The van der Waals surface area contributed by atoms with Crippen LogP contribution in [0.25, 0.3) is 10.9 Å². The van der Waals surface area contributed by atoms with Gasteiger partial charge in [0.15, 0.2) is 6.10 Å². The van der Waals surface area contributed by atoms with Gasteiger partial charge in [0, 0.05) is 89.7 Å². The molecule has 2 bridgehead atoms. The van der Waals surface area contributed by atoms with Crippen LogP contribution in [0.2, 0.25) is 5.02 Å². The smallest absolute Gasteiger partial charge is 0.344 e. The third-order valence-corrected chi connectivity index (χ3v) is 15.2. The van der Waals surface area contributed by atoms with E-state index in [4.69, 9.17) is 21.1 Å². The number of aliphatic hydroxyl groups is 1. The molecule has 55 heavy (non-hydrogen) atoms. The van der Waals surface area contributed by atoms with Crippen LogP contribution >= 0.6 is 11.6 Å². The van der Waals surface area contributed by atoms with Gasteiger partial charge in [-0.25, -0.2) is 4.79 Å². The van der Waals surface area contributed by atoms with Gasteiger partial charge in [-0.1, -0.05) is 55.3 Å². The molecule has 6 heterocycles. The van der Waals surface area contributed by atoms with E-state index in [1.165, 1.54) is 41.8 Å². The predicted octanol–water partition coefficient (Wildman–Crippen LogP) is 6.60. The maximum atomic E-state index is 14.3. The van der Waals surface area contributed by atoms with Crippen molar-refractivity contribution in [1.29, 1.82) is 0 Å². The van der Waals surface area contributed by atoms with Crippen molar-refractivity contribution in [1.82, 2.24) is 14.8 Å². The summed E-state index contributed by atoms with van der Waals surface area (Å²) in [4.78, 5) is 38.5. The van der Waals surface area contributed by atoms with Crippen molar-refractivity contribution in [2.24, 2.45) is 11.3 Å². The number of likely N-dealkylation sites (N-methyl/N-ethyl adjacent to an activating group) is 1. The van der Waals surface area contributed by atoms with E-state index in [-0.39, 0.29) is 6.04 Å². The van der Waals surface area contributed by atoms with Gasteiger partial charge in [0.1, 0.15) is 0 Å². The second-order valence-electron chi connectivity index (χ2n) is 17.7. The number of nitrogens with zero attached hydrogens (tertiary/aromatic N) is 3. The van der Waals surface area contributed by atoms with Crippen molar-refractivity contribution in [2.45, 2.75) is 101 Å². The Balaban J connectivity index is 1.31. The average Bonchev–Trinajstić information content (AvgIpc) is 3.82. The Bertz CT molecular complexity index is 2180. The third-order valence-electron chi connectivity index (χ3n) is 15.0. The number of ether oxygens (including phenoxy) is 2. The van der Waals surface area contributed by atoms with Gasteiger partial charge in [0.2, 0.25) is 5.60 Å². The van der Waals surface area contributed by atoms with Crippen molar-refractivity contribution in [2.75, 3.05) is 51.8 Å². The summed E-state index contributed by atoms with van der Waals surface area (Å²) in [6, 6.07) is 10.1. The maximum absolute atomic E-state index is 14.3. The Kier molecular flexibility index (Phi) is 8.53. The van der Waals surface area contributed by atoms with E-state index >= 15 is 0 Å². The van der Waals surface area contributed by atoms with E-state index in [1.54, 1.807) is 0 Å². The van der Waals surface area contributed by atoms with Crippen LogP contribution in [0.3, 0.4) is 0 Å². The van der Waals surface area contributed by atoms with Crippen LogP contribution in [-0.4, -0.2) is 102 Å². The predicted molar refractivity (Wildman–Crippen MR) is 216 cm³/mol. The van der Waals surface area contributed by atoms with Gasteiger partial charge in [0.25, 0.3) is 0 Å². The number of methoxy groups -OCH3 is 1. The molecule has 9 rings (SSSR count). The second kappa shape index (κ2) is 12.7. The van der Waals surface area contributed by atoms with Crippen molar-refractivity contribution < 1.29 is 24.2 Å². The number of carbonyl (C=O) groups is 2. The topological polar surface area (TPSA) is 98.3 Å². The fraction of sp³-hybridized carbons (Fsp3) is 0.556. The molecular weight excluding hydrogens is 712 g/mol. The first-order valence-electron chi connectivity index (χ1n) is 20.3. The van der Waals surface area contributed by atoms with Gasteiger partial charge < -0.3 is 24.5 Å². The molecule has 0 radical (unpaired) electrons. The lowest BCUT2D eigenvalue weighted by Gasteiger charge is -2.63. The molecule has 2 aromatic carbocycles. The third kappa shape index (κ3) is 4.88. The molecule has 2 N–H and O–H groups in total. The highest BCUT2D eigenvalue weighted by Crippen LogP contribution is 2.68. The van der Waals surface area contributed by atoms with Crippen LogP contribution in [0.15, 0.2) is 54.1 Å². The minimum absolute atomic E-state index is 0.130. The normalized spacial score (nSPS) is 36.2. The molecule has 2 unspecified atom stereocenters. The zero-order valence-electron chi connectivity index (χ0n) is 33.3. The molecule has 9 atom stereocenters. The first kappa shape index (κ1) is 37.0. The molecule has 9 nitrogen and oxygen atoms in total. The fourth-order valence-electron chi connectivity index (χ4n) is 13.0. The molecule has 0 amide bonds. The largest absolute Gasteiger partial charge is 0.467 e. The number of H-pyrrole nitrogens is 1. The van der Waals surface area contributed by atoms with Crippen LogP contribution in [0.1, 0.15) is 81.3 Å². The SMILES string of the molecule is CCC1=C[C@@H]2CN(CCc3c([nH]c4ccc(Cl)cc34)[C@@](C)(c3cc4c(cc3C)N(C)C3[C@]45CCN4CC=C[C@@](CC)([C@@H](OC(C)=O)[C@]3(O)C(=O)OC)[C@H]45)C2)C1. The summed E-state index contributed by atoms with van der Waals surface area (Å²) in [7, 11) is 3.31. The highest BCUT2D eigenvalue weighted by atomic mass is 35.5. The number of aromatic nitrogens is 1. The number of aromatic amines is 1. The number of rotatable bonds is 5. The number of benzene rings is 2. The summed E-state index contributed by atoms with van der Waals surface area (Å²) >= 11 is 6.69. The van der Waals surface area contributed by atoms with E-state index in [0.717, 1.165) is 85.8 Å². The van der Waals surface area contributed by atoms with E-state index in [9.17, 15) is 14.7 Å². The zero-order chi connectivity index (χ0) is 38.8. The van der Waals surface area contributed by atoms with Gasteiger partial charge in [-0.3, -0.25) is 14.6 Å². The summed E-state index contributed by atoms with van der Waals surface area (Å²) in [5.41, 5.74) is 5.68. The highest BCUT2D eigenvalue weighted by Gasteiger charge is 2.80. The average molecular weight is 767 g/mol. The molecule has 1 aliphatic carbocycles. The molecule has 3 aromatic rings. The Hall–Kier alpha value is -3.63. The van der Waals surface area contributed by atoms with Crippen molar-refractivity contribution in [3.05, 3.63) is 87.1 Å². The molecule has 1 spiro atoms. The summed E-state index contributed by atoms with van der Waals surface area (Å²) < 4.78 is 11.7. The van der Waals surface area contributed by atoms with Crippen LogP contribution in [0.4, 0.5) is 5.69 Å². The molecule has 1 aromatic heterocycles. The molecule has 292 valence electrons. The quantitative estimate of drug-likeness (QED) is 0.222. The Morgan fingerprint density at radius 3 is 2.64 bits per heavy atom. The van der Waals surface area contributed by atoms with Gasteiger partial charge in [-0.2, -0.15) is 0 Å². The molecule has 2 fully saturated rings. The number of aryl methyl sites for hydroxylation is 1. The minimum Gasteiger partial charge on any atom is -0.467 e. The lowest BCUT2D eigenvalue weighted by molar-refractivity contribution is -0.228. The highest BCUT2D eigenvalue weighted by molar-refractivity contribution is 6.31. The zero-order valence-corrected chi connectivity index (χ0v) is 34.1. The molecule has 5 aliphatic heterocycles. The number of fused-ring (bicyclic) bond motifs is 6. The van der Waals surface area contributed by atoms with Crippen LogP contribution in [-0.2, 0) is 36.3 Å². The van der Waals surface area contributed by atoms with Gasteiger partial charge >= 0.3 is 11.9 Å². The number of hydrogen-bond donors (Lipinski definition) is 2. The molecule has 10 heteroatoms. The number of esters is 2. The van der Waals surface area contributed by atoms with E-state index in [0.29, 0.717) is 12.3 Å². The number of hydrogen-bond acceptors (Lipinski definition) is 8. The standard InChI is InChI=1S/C45H55ClN4O5/c1-8-28-20-29-23-42(5,37-31(13-17-49(24-28)25-29)32-21-30(46)11-12-35(32)47-37)33-22-34-36(19-26(33)3)48(6)39-44(34)15-18-50-16-10-14-43(9-2,38(44)50)40(55-27(4)51)45(39,53)41(52)54-7/h10-12,14,19-22,29,38-40,47,53H,8-9,13,15-18,23-25H2,1-7H3/t29-,38-,39?,40+,42+,43+,44+,45-/m0/s1. The van der Waals surface area contributed by atoms with E-state index < -0.39 is 45.9 Å². The Morgan fingerprint density at radius 1 is 1.11 bits per heavy atom. The van der Waals surface area contributed by atoms with E-state index in [1.807, 2.05) is 13.1 Å². The minimum atomic E-state index is -2.15. The summed E-state index contributed by atoms with van der Waals surface area (Å²) in [6.07, 6.45) is 9.86. The van der Waals surface area contributed by atoms with Crippen molar-refractivity contribution >= 4 is 40.1 Å². The summed E-state index contributed by atoms with van der Waals surface area (Å²) in [5.74, 6) is -0.941. The summed E-state index contributed by atoms with van der Waals surface area (Å²) in [6.45, 7) is 14.9. The Labute approximate surface area is 329 Å². The van der Waals surface area contributed by atoms with E-state index in [2.05, 4.69) is 89.9 Å². The number of carbonyl (C=O) groups excluding carboxylic acids is 2. The fourth-order valence-corrected chi connectivity index (χ4v) is 13.2. The Morgan fingerprint density at radius 2 is 1.91 bits per heavy atom. The molecular formula is C45H55ClN4O5. The maximum Gasteiger partial charge on any atom is 0.344 e. The van der Waals surface area contributed by atoms with Crippen molar-refractivity contribution in [3.63, 3.8) is 0 Å². The van der Waals surface area contributed by atoms with Crippen LogP contribution < -0.4 is 4.90 Å². The molecule has 1 saturated heterocycles. The van der Waals surface area contributed by atoms with Crippen LogP contribution in [0, 0.1) is 18.3 Å². The lowest BCUT2D eigenvalue weighted by Crippen LogP contribution is -2.81. The molecule has 1 saturated carbocycles. The first-order valence-corrected chi connectivity index (χ1v) is 20.6. The second-order valence-corrected chi connectivity index (χ2v) is 18.1. The lowest BCUT2D eigenvalue weighted by atomic mass is 9.47. The number of nitrogens with one attached hydrogen (secondary N) is 1. The first-order chi connectivity index (χ1) is 26.3. The number of anilines is 1. The van der Waals surface area contributed by atoms with Gasteiger partial charge in [0.05, 0.1) is 13.2 Å². The van der Waals surface area contributed by atoms with Crippen LogP contribution in [0.5, 0.6) is 0 Å². The van der Waals surface area contributed by atoms with Crippen molar-refractivity contribution in [3.8, 4) is 0 Å². The van der Waals surface area contributed by atoms with Gasteiger partial charge in [-0.05, 0) is 105 Å². The molecule has 6 aliphatic rings. The number of halogens is 1.